The number of rotatable bonds is 10. The molecule has 3 N–H and O–H groups in total. The van der Waals surface area contributed by atoms with Crippen LogP contribution in [-0.4, -0.2) is 43.0 Å². The standard InChI is InChI=1S/C19H24Cl2NO5P/c1-26-18-6-4-14(8-19(18)27-2)11-28(24,25)12-15(23)10-22-9-13-3-5-16(20)17(21)7-13/h3-8,15,22-23H,9-12H2,1-2H3,(H,24,25)/t15-/m1/s1. The molecule has 2 rings (SSSR count). The Kier molecular flexibility index (Phi) is 8.62. The quantitative estimate of drug-likeness (QED) is 0.478. The number of aliphatic hydroxyl groups excluding tert-OH is 1. The fourth-order valence-corrected chi connectivity index (χ4v) is 4.76. The van der Waals surface area contributed by atoms with Crippen LogP contribution in [0, 0.1) is 0 Å². The van der Waals surface area contributed by atoms with Crippen molar-refractivity contribution in [1.29, 1.82) is 0 Å². The maximum Gasteiger partial charge on any atom is 0.207 e. The molecule has 0 saturated carbocycles. The number of hydrogen-bond acceptors (Lipinski definition) is 5. The van der Waals surface area contributed by atoms with E-state index < -0.39 is 13.5 Å². The van der Waals surface area contributed by atoms with Gasteiger partial charge in [-0.05, 0) is 35.4 Å². The molecule has 0 bridgehead atoms. The summed E-state index contributed by atoms with van der Waals surface area (Å²) in [7, 11) is -0.549. The molecule has 0 aliphatic carbocycles. The van der Waals surface area contributed by atoms with Gasteiger partial charge in [0.1, 0.15) is 0 Å². The maximum atomic E-state index is 12.5. The van der Waals surface area contributed by atoms with Crippen molar-refractivity contribution in [2.24, 2.45) is 0 Å². The Morgan fingerprint density at radius 1 is 1.04 bits per heavy atom. The highest BCUT2D eigenvalue weighted by atomic mass is 35.5. The van der Waals surface area contributed by atoms with Crippen LogP contribution in [0.1, 0.15) is 11.1 Å². The first-order valence-corrected chi connectivity index (χ1v) is 11.4. The Balaban J connectivity index is 1.87. The minimum Gasteiger partial charge on any atom is -0.493 e. The molecule has 2 atom stereocenters. The first-order chi connectivity index (χ1) is 13.2. The molecule has 1 unspecified atom stereocenters. The van der Waals surface area contributed by atoms with Gasteiger partial charge in [0.05, 0.1) is 36.5 Å². The fourth-order valence-electron chi connectivity index (χ4n) is 2.76. The second-order valence-corrected chi connectivity index (χ2v) is 9.60. The van der Waals surface area contributed by atoms with Crippen LogP contribution in [0.2, 0.25) is 10.0 Å². The highest BCUT2D eigenvalue weighted by Gasteiger charge is 2.24. The molecule has 0 heterocycles. The molecular weight excluding hydrogens is 424 g/mol. The molecule has 0 aliphatic rings. The molecule has 0 radical (unpaired) electrons. The Morgan fingerprint density at radius 2 is 1.71 bits per heavy atom. The van der Waals surface area contributed by atoms with Gasteiger partial charge in [-0.1, -0.05) is 35.3 Å². The third kappa shape index (κ3) is 6.96. The summed E-state index contributed by atoms with van der Waals surface area (Å²) in [5.74, 6) is 1.04. The fraction of sp³-hybridized carbons (Fsp3) is 0.368. The van der Waals surface area contributed by atoms with Gasteiger partial charge in [-0.15, -0.1) is 0 Å². The maximum absolute atomic E-state index is 12.5. The van der Waals surface area contributed by atoms with Gasteiger partial charge in [-0.25, -0.2) is 0 Å². The van der Waals surface area contributed by atoms with Crippen LogP contribution >= 0.6 is 30.6 Å². The van der Waals surface area contributed by atoms with Gasteiger partial charge in [0.25, 0.3) is 0 Å². The third-order valence-electron chi connectivity index (χ3n) is 4.07. The zero-order valence-electron chi connectivity index (χ0n) is 15.7. The molecule has 0 saturated heterocycles. The zero-order valence-corrected chi connectivity index (χ0v) is 18.1. The Hall–Kier alpha value is -1.27. The van der Waals surface area contributed by atoms with Gasteiger partial charge in [-0.3, -0.25) is 4.57 Å². The van der Waals surface area contributed by atoms with Crippen molar-refractivity contribution in [1.82, 2.24) is 5.32 Å². The lowest BCUT2D eigenvalue weighted by atomic mass is 10.2. The average molecular weight is 448 g/mol. The number of ether oxygens (including phenoxy) is 2. The zero-order chi connectivity index (χ0) is 20.7. The Labute approximate surface area is 174 Å². The van der Waals surface area contributed by atoms with E-state index in [1.54, 1.807) is 30.3 Å². The van der Waals surface area contributed by atoms with Crippen LogP contribution < -0.4 is 14.8 Å². The first kappa shape index (κ1) is 23.0. The van der Waals surface area contributed by atoms with Gasteiger partial charge in [-0.2, -0.15) is 0 Å². The highest BCUT2D eigenvalue weighted by molar-refractivity contribution is 7.57. The SMILES string of the molecule is COc1ccc(CP(=O)(O)C[C@H](O)CNCc2ccc(Cl)c(Cl)c2)cc1OC. The van der Waals surface area contributed by atoms with Crippen LogP contribution in [0.5, 0.6) is 11.5 Å². The molecule has 0 aromatic heterocycles. The third-order valence-corrected chi connectivity index (χ3v) is 6.66. The average Bonchev–Trinajstić information content (AvgIpc) is 2.63. The van der Waals surface area contributed by atoms with Gasteiger partial charge in [0.2, 0.25) is 7.37 Å². The van der Waals surface area contributed by atoms with E-state index in [9.17, 15) is 14.6 Å². The summed E-state index contributed by atoms with van der Waals surface area (Å²) in [5.41, 5.74) is 1.54. The minimum atomic E-state index is -3.58. The molecule has 9 heteroatoms. The molecule has 0 spiro atoms. The number of methoxy groups -OCH3 is 2. The van der Waals surface area contributed by atoms with E-state index in [1.807, 2.05) is 6.07 Å². The monoisotopic (exact) mass is 447 g/mol. The van der Waals surface area contributed by atoms with Crippen molar-refractivity contribution in [3.63, 3.8) is 0 Å². The summed E-state index contributed by atoms with van der Waals surface area (Å²) in [4.78, 5) is 10.3. The lowest BCUT2D eigenvalue weighted by Gasteiger charge is -2.18. The number of nitrogens with one attached hydrogen (secondary N) is 1. The van der Waals surface area contributed by atoms with E-state index in [-0.39, 0.29) is 18.9 Å². The van der Waals surface area contributed by atoms with Crippen molar-refractivity contribution < 1.29 is 24.0 Å². The number of benzene rings is 2. The van der Waals surface area contributed by atoms with Crippen molar-refractivity contribution in [3.8, 4) is 11.5 Å². The van der Waals surface area contributed by atoms with E-state index in [0.717, 1.165) is 5.56 Å². The van der Waals surface area contributed by atoms with E-state index >= 15 is 0 Å². The Morgan fingerprint density at radius 3 is 2.36 bits per heavy atom. The first-order valence-electron chi connectivity index (χ1n) is 8.58. The van der Waals surface area contributed by atoms with Crippen LogP contribution in [0.25, 0.3) is 0 Å². The minimum absolute atomic E-state index is 0.0583. The molecule has 0 amide bonds. The predicted octanol–water partition coefficient (Wildman–Crippen LogP) is 3.93. The molecular formula is C19H24Cl2NO5P. The number of aliphatic hydroxyl groups is 1. The van der Waals surface area contributed by atoms with Crippen molar-refractivity contribution in [2.75, 3.05) is 26.9 Å². The Bertz CT molecular complexity index is 849. The molecule has 6 nitrogen and oxygen atoms in total. The molecule has 0 fully saturated rings. The molecule has 2 aromatic carbocycles. The smallest absolute Gasteiger partial charge is 0.207 e. The van der Waals surface area contributed by atoms with E-state index in [0.29, 0.717) is 33.7 Å². The summed E-state index contributed by atoms with van der Waals surface area (Å²) < 4.78 is 22.9. The molecule has 28 heavy (non-hydrogen) atoms. The second-order valence-electron chi connectivity index (χ2n) is 6.41. The summed E-state index contributed by atoms with van der Waals surface area (Å²) in [6, 6.07) is 10.3. The molecule has 0 aliphatic heterocycles. The lowest BCUT2D eigenvalue weighted by Crippen LogP contribution is -2.29. The van der Waals surface area contributed by atoms with E-state index in [1.165, 1.54) is 14.2 Å². The van der Waals surface area contributed by atoms with Crippen LogP contribution in [0.4, 0.5) is 0 Å². The van der Waals surface area contributed by atoms with Crippen molar-refractivity contribution in [3.05, 3.63) is 57.6 Å². The van der Waals surface area contributed by atoms with Crippen LogP contribution in [-0.2, 0) is 17.3 Å². The number of halogens is 2. The van der Waals surface area contributed by atoms with Gasteiger partial charge < -0.3 is 24.8 Å². The van der Waals surface area contributed by atoms with E-state index in [2.05, 4.69) is 5.32 Å². The van der Waals surface area contributed by atoms with Crippen molar-refractivity contribution in [2.45, 2.75) is 18.8 Å². The lowest BCUT2D eigenvalue weighted by molar-refractivity contribution is 0.190. The van der Waals surface area contributed by atoms with Gasteiger partial charge >= 0.3 is 0 Å². The normalized spacial score (nSPS) is 14.4. The largest absolute Gasteiger partial charge is 0.493 e. The number of hydrogen-bond donors (Lipinski definition) is 3. The van der Waals surface area contributed by atoms with Crippen LogP contribution in [0.15, 0.2) is 36.4 Å². The summed E-state index contributed by atoms with van der Waals surface area (Å²) in [6.45, 7) is 0.635. The van der Waals surface area contributed by atoms with Gasteiger partial charge in [0.15, 0.2) is 11.5 Å². The van der Waals surface area contributed by atoms with Crippen LogP contribution in [0.3, 0.4) is 0 Å². The molecule has 2 aromatic rings. The summed E-state index contributed by atoms with van der Waals surface area (Å²) in [5, 5.41) is 14.1. The van der Waals surface area contributed by atoms with Gasteiger partial charge in [0, 0.05) is 19.3 Å². The topological polar surface area (TPSA) is 88.0 Å². The molecule has 154 valence electrons. The van der Waals surface area contributed by atoms with E-state index in [4.69, 9.17) is 32.7 Å². The van der Waals surface area contributed by atoms with Crippen molar-refractivity contribution >= 4 is 30.6 Å². The summed E-state index contributed by atoms with van der Waals surface area (Å²) in [6.07, 6.45) is -1.23. The predicted molar refractivity (Wildman–Crippen MR) is 112 cm³/mol. The second kappa shape index (κ2) is 10.5. The highest BCUT2D eigenvalue weighted by Crippen LogP contribution is 2.46. The summed E-state index contributed by atoms with van der Waals surface area (Å²) >= 11 is 11.8.